The van der Waals surface area contributed by atoms with Gasteiger partial charge in [-0.1, -0.05) is 76.4 Å². The predicted octanol–water partition coefficient (Wildman–Crippen LogP) is 7.01. The molecule has 0 amide bonds. The van der Waals surface area contributed by atoms with Gasteiger partial charge in [0.15, 0.2) is 0 Å². The monoisotopic (exact) mass is 388 g/mol. The van der Waals surface area contributed by atoms with Crippen molar-refractivity contribution >= 4 is 11.6 Å². The highest BCUT2D eigenvalue weighted by Gasteiger charge is 2.06. The van der Waals surface area contributed by atoms with Crippen LogP contribution in [-0.4, -0.2) is 29.3 Å². The van der Waals surface area contributed by atoms with Crippen LogP contribution in [0.25, 0.3) is 0 Å². The van der Waals surface area contributed by atoms with Crippen LogP contribution in [0.1, 0.15) is 109 Å². The summed E-state index contributed by atoms with van der Waals surface area (Å²) in [6.07, 6.45) is 25.9. The lowest BCUT2D eigenvalue weighted by atomic mass is 9.95. The van der Waals surface area contributed by atoms with E-state index >= 15 is 0 Å². The van der Waals surface area contributed by atoms with E-state index in [4.69, 9.17) is 21.8 Å². The van der Waals surface area contributed by atoms with Crippen molar-refractivity contribution in [3.63, 3.8) is 0 Å². The van der Waals surface area contributed by atoms with Gasteiger partial charge in [-0.3, -0.25) is 0 Å². The first-order valence-electron chi connectivity index (χ1n) is 11.3. The van der Waals surface area contributed by atoms with Gasteiger partial charge >= 0.3 is 0 Å². The van der Waals surface area contributed by atoms with Gasteiger partial charge < -0.3 is 10.2 Å². The summed E-state index contributed by atoms with van der Waals surface area (Å²) in [5.74, 6) is 1.33. The molecule has 0 aromatic carbocycles. The smallest absolute Gasteiger partial charge is 0.0433 e. The van der Waals surface area contributed by atoms with Crippen molar-refractivity contribution in [1.29, 1.82) is 0 Å². The van der Waals surface area contributed by atoms with Crippen molar-refractivity contribution in [3.8, 4) is 0 Å². The average Bonchev–Trinajstić information content (AvgIpc) is 2.64. The zero-order valence-corrected chi connectivity index (χ0v) is 17.9. The summed E-state index contributed by atoms with van der Waals surface area (Å²) in [7, 11) is 0. The van der Waals surface area contributed by atoms with Gasteiger partial charge in [0, 0.05) is 19.1 Å². The molecule has 0 bridgehead atoms. The minimum Gasteiger partial charge on any atom is -0.396 e. The molecule has 0 spiro atoms. The maximum atomic E-state index is 9.01. The Morgan fingerprint density at radius 1 is 0.538 bits per heavy atom. The summed E-state index contributed by atoms with van der Waals surface area (Å²) in [6.45, 7) is 0.511. The van der Waals surface area contributed by atoms with E-state index in [2.05, 4.69) is 12.2 Å². The number of rotatable bonds is 21. The summed E-state index contributed by atoms with van der Waals surface area (Å²) in [4.78, 5) is 0. The van der Waals surface area contributed by atoms with Crippen molar-refractivity contribution in [3.05, 3.63) is 12.2 Å². The molecule has 0 saturated heterocycles. The third-order valence-electron chi connectivity index (χ3n) is 5.23. The molecular weight excluding hydrogens is 344 g/mol. The third kappa shape index (κ3) is 20.3. The summed E-state index contributed by atoms with van der Waals surface area (Å²) in [6, 6.07) is 0. The van der Waals surface area contributed by atoms with E-state index in [1.165, 1.54) is 89.9 Å². The third-order valence-corrected chi connectivity index (χ3v) is 5.50. The minimum atomic E-state index is 0.256. The molecule has 0 aromatic heterocycles. The molecule has 0 fully saturated rings. The molecular formula is C23H45ClO2. The first-order chi connectivity index (χ1) is 12.8. The lowest BCUT2D eigenvalue weighted by Crippen LogP contribution is -2.05. The standard InChI is InChI=1S/C23H45ClO2/c24-20-16-14-12-10-8-6-4-2-1-3-5-7-9-11-13-15-17-23(18-21-25)19-22-26/h1,3,23,25-26H,2,4-22H2/b3-1-. The van der Waals surface area contributed by atoms with E-state index in [1.54, 1.807) is 0 Å². The molecule has 3 heteroatoms. The van der Waals surface area contributed by atoms with Crippen LogP contribution in [-0.2, 0) is 0 Å². The van der Waals surface area contributed by atoms with E-state index in [0.29, 0.717) is 5.92 Å². The Bertz CT molecular complexity index is 275. The summed E-state index contributed by atoms with van der Waals surface area (Å²) < 4.78 is 0. The Morgan fingerprint density at radius 2 is 0.962 bits per heavy atom. The molecule has 0 heterocycles. The fourth-order valence-electron chi connectivity index (χ4n) is 3.50. The van der Waals surface area contributed by atoms with Gasteiger partial charge in [0.1, 0.15) is 0 Å². The molecule has 0 radical (unpaired) electrons. The van der Waals surface area contributed by atoms with Crippen LogP contribution in [0.4, 0.5) is 0 Å². The number of allylic oxidation sites excluding steroid dienone is 2. The second kappa shape index (κ2) is 23.0. The number of hydrogen-bond donors (Lipinski definition) is 2. The van der Waals surface area contributed by atoms with Crippen molar-refractivity contribution in [1.82, 2.24) is 0 Å². The highest BCUT2D eigenvalue weighted by Crippen LogP contribution is 2.18. The van der Waals surface area contributed by atoms with Crippen LogP contribution in [0.3, 0.4) is 0 Å². The van der Waals surface area contributed by atoms with E-state index < -0.39 is 0 Å². The molecule has 26 heavy (non-hydrogen) atoms. The molecule has 0 unspecified atom stereocenters. The molecule has 0 aliphatic rings. The zero-order valence-electron chi connectivity index (χ0n) is 17.1. The Kier molecular flexibility index (Phi) is 22.9. The molecule has 0 aliphatic carbocycles. The fraction of sp³-hybridized carbons (Fsp3) is 0.913. The molecule has 0 atom stereocenters. The Hall–Kier alpha value is -0.0500. The molecule has 0 aliphatic heterocycles. The topological polar surface area (TPSA) is 40.5 Å². The van der Waals surface area contributed by atoms with Gasteiger partial charge in [-0.05, 0) is 50.9 Å². The molecule has 0 rings (SSSR count). The second-order valence-corrected chi connectivity index (χ2v) is 8.04. The van der Waals surface area contributed by atoms with Gasteiger partial charge in [0.25, 0.3) is 0 Å². The molecule has 2 N–H and O–H groups in total. The quantitative estimate of drug-likeness (QED) is 0.126. The SMILES string of the molecule is OCCC(CCO)CCCCCCC/C=C\CCCCCCCCCCl. The van der Waals surface area contributed by atoms with Crippen molar-refractivity contribution < 1.29 is 10.2 Å². The lowest BCUT2D eigenvalue weighted by Gasteiger charge is -2.13. The van der Waals surface area contributed by atoms with Crippen LogP contribution >= 0.6 is 11.6 Å². The highest BCUT2D eigenvalue weighted by atomic mass is 35.5. The normalized spacial score (nSPS) is 11.8. The first kappa shape index (κ1) is 26.0. The number of alkyl halides is 1. The Morgan fingerprint density at radius 3 is 1.42 bits per heavy atom. The number of aliphatic hydroxyl groups excluding tert-OH is 2. The summed E-state index contributed by atoms with van der Waals surface area (Å²) >= 11 is 5.68. The number of hydrogen-bond acceptors (Lipinski definition) is 2. The van der Waals surface area contributed by atoms with Gasteiger partial charge in [-0.15, -0.1) is 11.6 Å². The van der Waals surface area contributed by atoms with Crippen molar-refractivity contribution in [2.24, 2.45) is 5.92 Å². The number of aliphatic hydroxyl groups is 2. The highest BCUT2D eigenvalue weighted by molar-refractivity contribution is 6.17. The minimum absolute atomic E-state index is 0.256. The predicted molar refractivity (Wildman–Crippen MR) is 116 cm³/mol. The summed E-state index contributed by atoms with van der Waals surface area (Å²) in [5.41, 5.74) is 0. The lowest BCUT2D eigenvalue weighted by molar-refractivity contribution is 0.207. The molecule has 2 nitrogen and oxygen atoms in total. The van der Waals surface area contributed by atoms with Crippen LogP contribution in [0.15, 0.2) is 12.2 Å². The van der Waals surface area contributed by atoms with E-state index in [0.717, 1.165) is 25.1 Å². The first-order valence-corrected chi connectivity index (χ1v) is 11.8. The number of halogens is 1. The van der Waals surface area contributed by atoms with E-state index in [1.807, 2.05) is 0 Å². The van der Waals surface area contributed by atoms with Crippen molar-refractivity contribution in [2.45, 2.75) is 109 Å². The molecule has 0 saturated carbocycles. The maximum Gasteiger partial charge on any atom is 0.0433 e. The summed E-state index contributed by atoms with van der Waals surface area (Å²) in [5, 5.41) is 18.0. The van der Waals surface area contributed by atoms with Gasteiger partial charge in [0.2, 0.25) is 0 Å². The van der Waals surface area contributed by atoms with Gasteiger partial charge in [0.05, 0.1) is 0 Å². The molecule has 156 valence electrons. The fourth-order valence-corrected chi connectivity index (χ4v) is 3.69. The van der Waals surface area contributed by atoms with Crippen LogP contribution in [0.5, 0.6) is 0 Å². The molecule has 0 aromatic rings. The number of unbranched alkanes of at least 4 members (excludes halogenated alkanes) is 12. The average molecular weight is 389 g/mol. The van der Waals surface area contributed by atoms with E-state index in [-0.39, 0.29) is 13.2 Å². The van der Waals surface area contributed by atoms with Crippen LogP contribution in [0, 0.1) is 5.92 Å². The Balaban J connectivity index is 3.23. The van der Waals surface area contributed by atoms with Crippen LogP contribution in [0.2, 0.25) is 0 Å². The van der Waals surface area contributed by atoms with Crippen LogP contribution < -0.4 is 0 Å². The Labute approximate surface area is 168 Å². The van der Waals surface area contributed by atoms with Crippen molar-refractivity contribution in [2.75, 3.05) is 19.1 Å². The largest absolute Gasteiger partial charge is 0.396 e. The second-order valence-electron chi connectivity index (χ2n) is 7.66. The van der Waals surface area contributed by atoms with Gasteiger partial charge in [-0.2, -0.15) is 0 Å². The zero-order chi connectivity index (χ0) is 19.1. The van der Waals surface area contributed by atoms with Gasteiger partial charge in [-0.25, -0.2) is 0 Å². The van der Waals surface area contributed by atoms with E-state index in [9.17, 15) is 0 Å². The maximum absolute atomic E-state index is 9.01.